The minimum Gasteiger partial charge on any atom is -0.486 e. The zero-order valence-electron chi connectivity index (χ0n) is 15.0. The van der Waals surface area contributed by atoms with Crippen LogP contribution in [0.25, 0.3) is 0 Å². The summed E-state index contributed by atoms with van der Waals surface area (Å²) in [5, 5.41) is 11.8. The molecule has 140 valence electrons. The first-order valence-corrected chi connectivity index (χ1v) is 10.0. The molecule has 2 aromatic carbocycles. The van der Waals surface area contributed by atoms with E-state index in [9.17, 15) is 4.79 Å². The lowest BCUT2D eigenvalue weighted by Gasteiger charge is -2.07. The highest BCUT2D eigenvalue weighted by molar-refractivity contribution is 9.10. The van der Waals surface area contributed by atoms with Gasteiger partial charge in [0.25, 0.3) is 0 Å². The fraction of sp³-hybridized carbons (Fsp3) is 0.211. The van der Waals surface area contributed by atoms with E-state index >= 15 is 0 Å². The summed E-state index contributed by atoms with van der Waals surface area (Å²) in [6.07, 6.45) is 0. The predicted molar refractivity (Wildman–Crippen MR) is 110 cm³/mol. The summed E-state index contributed by atoms with van der Waals surface area (Å²) in [7, 11) is 1.86. The van der Waals surface area contributed by atoms with Gasteiger partial charge in [-0.2, -0.15) is 0 Å². The van der Waals surface area contributed by atoms with E-state index in [2.05, 4.69) is 31.4 Å². The Morgan fingerprint density at radius 3 is 2.56 bits per heavy atom. The van der Waals surface area contributed by atoms with E-state index in [1.165, 1.54) is 11.8 Å². The number of thioether (sulfide) groups is 1. The Labute approximate surface area is 170 Å². The standard InChI is InChI=1S/C19H19BrN4O2S/c1-13-3-7-15(8-4-13)21-18(25)12-27-19-23-22-17(24(19)2)11-26-16-9-5-14(20)6-10-16/h3-10H,11-12H2,1-2H3,(H,21,25). The number of ether oxygens (including phenoxy) is 1. The highest BCUT2D eigenvalue weighted by Crippen LogP contribution is 2.19. The van der Waals surface area contributed by atoms with Crippen molar-refractivity contribution < 1.29 is 9.53 Å². The quantitative estimate of drug-likeness (QED) is 0.550. The zero-order valence-corrected chi connectivity index (χ0v) is 17.4. The van der Waals surface area contributed by atoms with Gasteiger partial charge < -0.3 is 14.6 Å². The largest absolute Gasteiger partial charge is 0.486 e. The number of nitrogens with one attached hydrogen (secondary N) is 1. The van der Waals surface area contributed by atoms with Crippen LogP contribution in [0.3, 0.4) is 0 Å². The van der Waals surface area contributed by atoms with Gasteiger partial charge in [-0.25, -0.2) is 0 Å². The van der Waals surface area contributed by atoms with E-state index < -0.39 is 0 Å². The summed E-state index contributed by atoms with van der Waals surface area (Å²) in [6.45, 7) is 2.31. The first kappa shape index (κ1) is 19.4. The van der Waals surface area contributed by atoms with E-state index in [0.29, 0.717) is 17.6 Å². The van der Waals surface area contributed by atoms with E-state index in [4.69, 9.17) is 4.74 Å². The number of aromatic nitrogens is 3. The minimum absolute atomic E-state index is 0.0838. The minimum atomic E-state index is -0.0838. The van der Waals surface area contributed by atoms with E-state index in [-0.39, 0.29) is 11.7 Å². The Morgan fingerprint density at radius 1 is 1.15 bits per heavy atom. The molecule has 0 atom stereocenters. The van der Waals surface area contributed by atoms with E-state index in [1.54, 1.807) is 0 Å². The molecule has 3 aromatic rings. The third kappa shape index (κ3) is 5.58. The average molecular weight is 447 g/mol. The molecule has 1 aromatic heterocycles. The molecule has 0 aliphatic carbocycles. The lowest BCUT2D eigenvalue weighted by Crippen LogP contribution is -2.14. The maximum absolute atomic E-state index is 12.1. The number of carbonyl (C=O) groups is 1. The van der Waals surface area contributed by atoms with Crippen molar-refractivity contribution in [3.8, 4) is 5.75 Å². The van der Waals surface area contributed by atoms with Gasteiger partial charge in [-0.3, -0.25) is 4.79 Å². The summed E-state index contributed by atoms with van der Waals surface area (Å²) in [4.78, 5) is 12.1. The van der Waals surface area contributed by atoms with Gasteiger partial charge in [-0.05, 0) is 43.3 Å². The molecular formula is C19H19BrN4O2S. The van der Waals surface area contributed by atoms with Crippen molar-refractivity contribution in [2.45, 2.75) is 18.7 Å². The third-order valence-corrected chi connectivity index (χ3v) is 5.32. The van der Waals surface area contributed by atoms with Gasteiger partial charge in [0.2, 0.25) is 5.91 Å². The van der Waals surface area contributed by atoms with Crippen molar-refractivity contribution in [2.75, 3.05) is 11.1 Å². The molecule has 0 saturated heterocycles. The van der Waals surface area contributed by atoms with Gasteiger partial charge >= 0.3 is 0 Å². The number of nitrogens with zero attached hydrogens (tertiary/aromatic N) is 3. The Kier molecular flexibility index (Phi) is 6.52. The summed E-state index contributed by atoms with van der Waals surface area (Å²) >= 11 is 4.73. The molecule has 1 N–H and O–H groups in total. The van der Waals surface area contributed by atoms with Crippen molar-refractivity contribution >= 4 is 39.3 Å². The number of amides is 1. The van der Waals surface area contributed by atoms with Crippen molar-refractivity contribution in [1.29, 1.82) is 0 Å². The second kappa shape index (κ2) is 9.05. The molecule has 0 aliphatic rings. The van der Waals surface area contributed by atoms with Crippen LogP contribution >= 0.6 is 27.7 Å². The average Bonchev–Trinajstić information content (AvgIpc) is 3.01. The smallest absolute Gasteiger partial charge is 0.234 e. The maximum Gasteiger partial charge on any atom is 0.234 e. The topological polar surface area (TPSA) is 69.0 Å². The van der Waals surface area contributed by atoms with E-state index in [1.807, 2.05) is 67.1 Å². The van der Waals surface area contributed by atoms with Crippen molar-refractivity contribution in [2.24, 2.45) is 7.05 Å². The van der Waals surface area contributed by atoms with Gasteiger partial charge in [0.15, 0.2) is 11.0 Å². The summed E-state index contributed by atoms with van der Waals surface area (Å²) in [5.74, 6) is 1.62. The number of rotatable bonds is 7. The second-order valence-corrected chi connectivity index (χ2v) is 7.76. The van der Waals surface area contributed by atoms with Crippen molar-refractivity contribution in [3.05, 3.63) is 64.4 Å². The fourth-order valence-electron chi connectivity index (χ4n) is 2.24. The number of benzene rings is 2. The third-order valence-electron chi connectivity index (χ3n) is 3.77. The Balaban J connectivity index is 1.51. The van der Waals surface area contributed by atoms with Gasteiger partial charge in [-0.1, -0.05) is 45.4 Å². The van der Waals surface area contributed by atoms with Crippen molar-refractivity contribution in [1.82, 2.24) is 14.8 Å². The van der Waals surface area contributed by atoms with Crippen LogP contribution in [0.4, 0.5) is 5.69 Å². The van der Waals surface area contributed by atoms with Crippen LogP contribution < -0.4 is 10.1 Å². The number of halogens is 1. The van der Waals surface area contributed by atoms with Crippen LogP contribution in [0.5, 0.6) is 5.75 Å². The SMILES string of the molecule is Cc1ccc(NC(=O)CSc2nnc(COc3ccc(Br)cc3)n2C)cc1. The van der Waals surface area contributed by atoms with Crippen LogP contribution in [0.1, 0.15) is 11.4 Å². The van der Waals surface area contributed by atoms with Gasteiger partial charge in [0.1, 0.15) is 12.4 Å². The second-order valence-electron chi connectivity index (χ2n) is 5.90. The highest BCUT2D eigenvalue weighted by Gasteiger charge is 2.12. The van der Waals surface area contributed by atoms with Crippen LogP contribution in [0, 0.1) is 6.92 Å². The van der Waals surface area contributed by atoms with Gasteiger partial charge in [-0.15, -0.1) is 10.2 Å². The molecule has 0 radical (unpaired) electrons. The first-order chi connectivity index (χ1) is 13.0. The number of carbonyl (C=O) groups excluding carboxylic acids is 1. The maximum atomic E-state index is 12.1. The van der Waals surface area contributed by atoms with E-state index in [0.717, 1.165) is 21.5 Å². The molecular weight excluding hydrogens is 428 g/mol. The summed E-state index contributed by atoms with van der Waals surface area (Å²) in [6, 6.07) is 15.3. The fourth-order valence-corrected chi connectivity index (χ4v) is 3.23. The molecule has 1 heterocycles. The monoisotopic (exact) mass is 446 g/mol. The van der Waals surface area contributed by atoms with Crippen LogP contribution in [-0.2, 0) is 18.4 Å². The first-order valence-electron chi connectivity index (χ1n) is 8.27. The van der Waals surface area contributed by atoms with Crippen LogP contribution in [0.15, 0.2) is 58.2 Å². The highest BCUT2D eigenvalue weighted by atomic mass is 79.9. The molecule has 6 nitrogen and oxygen atoms in total. The molecule has 8 heteroatoms. The lowest BCUT2D eigenvalue weighted by atomic mass is 10.2. The normalized spacial score (nSPS) is 10.6. The molecule has 0 bridgehead atoms. The molecule has 0 aliphatic heterocycles. The number of aryl methyl sites for hydroxylation is 1. The molecule has 0 unspecified atom stereocenters. The molecule has 0 saturated carbocycles. The number of anilines is 1. The Bertz CT molecular complexity index is 910. The molecule has 3 rings (SSSR count). The molecule has 0 fully saturated rings. The van der Waals surface area contributed by atoms with Crippen LogP contribution in [0.2, 0.25) is 0 Å². The van der Waals surface area contributed by atoms with Crippen LogP contribution in [-0.4, -0.2) is 26.4 Å². The molecule has 27 heavy (non-hydrogen) atoms. The number of hydrogen-bond acceptors (Lipinski definition) is 5. The molecule has 0 spiro atoms. The predicted octanol–water partition coefficient (Wildman–Crippen LogP) is 4.20. The van der Waals surface area contributed by atoms with Crippen molar-refractivity contribution in [3.63, 3.8) is 0 Å². The zero-order chi connectivity index (χ0) is 19.2. The lowest BCUT2D eigenvalue weighted by molar-refractivity contribution is -0.113. The van der Waals surface area contributed by atoms with Gasteiger partial charge in [0, 0.05) is 17.2 Å². The summed E-state index contributed by atoms with van der Waals surface area (Å²) < 4.78 is 8.56. The Hall–Kier alpha value is -2.32. The molecule has 1 amide bonds. The Morgan fingerprint density at radius 2 is 1.85 bits per heavy atom. The van der Waals surface area contributed by atoms with Gasteiger partial charge in [0.05, 0.1) is 5.75 Å². The summed E-state index contributed by atoms with van der Waals surface area (Å²) in [5.41, 5.74) is 1.94. The number of hydrogen-bond donors (Lipinski definition) is 1.